The van der Waals surface area contributed by atoms with Crippen molar-refractivity contribution in [3.05, 3.63) is 18.2 Å². The van der Waals surface area contributed by atoms with Crippen molar-refractivity contribution >= 4 is 11.8 Å². The highest BCUT2D eigenvalue weighted by atomic mass is 32.2. The van der Waals surface area contributed by atoms with Crippen molar-refractivity contribution in [3.63, 3.8) is 0 Å². The summed E-state index contributed by atoms with van der Waals surface area (Å²) in [5, 5.41) is 4.26. The average Bonchev–Trinajstić information content (AvgIpc) is 2.82. The third kappa shape index (κ3) is 4.36. The van der Waals surface area contributed by atoms with Crippen LogP contribution in [0.3, 0.4) is 0 Å². The summed E-state index contributed by atoms with van der Waals surface area (Å²) in [6.07, 6.45) is 5.19. The van der Waals surface area contributed by atoms with Crippen LogP contribution in [0, 0.1) is 0 Å². The van der Waals surface area contributed by atoms with Crippen molar-refractivity contribution < 1.29 is 0 Å². The molecule has 0 saturated heterocycles. The Morgan fingerprint density at radius 2 is 2.18 bits per heavy atom. The van der Waals surface area contributed by atoms with Gasteiger partial charge < -0.3 is 9.88 Å². The molecule has 17 heavy (non-hydrogen) atoms. The zero-order chi connectivity index (χ0) is 12.7. The molecule has 3 nitrogen and oxygen atoms in total. The molecule has 0 fully saturated rings. The van der Waals surface area contributed by atoms with E-state index < -0.39 is 0 Å². The number of thioether (sulfide) groups is 1. The second kappa shape index (κ2) is 7.77. The molecule has 0 saturated carbocycles. The van der Waals surface area contributed by atoms with Gasteiger partial charge in [0, 0.05) is 29.9 Å². The lowest BCUT2D eigenvalue weighted by Crippen LogP contribution is -2.26. The Morgan fingerprint density at radius 3 is 2.76 bits per heavy atom. The molecule has 1 heterocycles. The molecule has 1 aromatic heterocycles. The van der Waals surface area contributed by atoms with Crippen LogP contribution in [0.15, 0.2) is 12.4 Å². The number of rotatable bonds is 8. The van der Waals surface area contributed by atoms with E-state index in [1.54, 1.807) is 0 Å². The molecular weight excluding hydrogens is 230 g/mol. The molecule has 0 aromatic carbocycles. The fraction of sp³-hybridized carbons (Fsp3) is 0.769. The zero-order valence-electron chi connectivity index (χ0n) is 11.4. The van der Waals surface area contributed by atoms with Gasteiger partial charge in [-0.2, -0.15) is 11.8 Å². The minimum absolute atomic E-state index is 0.369. The van der Waals surface area contributed by atoms with E-state index in [0.29, 0.717) is 6.04 Å². The van der Waals surface area contributed by atoms with E-state index in [9.17, 15) is 0 Å². The van der Waals surface area contributed by atoms with Crippen LogP contribution in [-0.2, 0) is 6.54 Å². The summed E-state index contributed by atoms with van der Waals surface area (Å²) in [5.41, 5.74) is 0. The van der Waals surface area contributed by atoms with Crippen molar-refractivity contribution in [2.45, 2.75) is 52.0 Å². The Bertz CT molecular complexity index is 311. The molecule has 98 valence electrons. The maximum atomic E-state index is 4.50. The van der Waals surface area contributed by atoms with Gasteiger partial charge in [-0.15, -0.1) is 0 Å². The fourth-order valence-electron chi connectivity index (χ4n) is 1.75. The average molecular weight is 255 g/mol. The Morgan fingerprint density at radius 1 is 1.41 bits per heavy atom. The summed E-state index contributed by atoms with van der Waals surface area (Å²) in [7, 11) is 0. The Labute approximate surface area is 109 Å². The summed E-state index contributed by atoms with van der Waals surface area (Å²) >= 11 is 2.03. The van der Waals surface area contributed by atoms with Gasteiger partial charge >= 0.3 is 0 Å². The first-order valence-corrected chi connectivity index (χ1v) is 7.63. The van der Waals surface area contributed by atoms with Gasteiger partial charge in [-0.3, -0.25) is 0 Å². The number of aromatic nitrogens is 2. The van der Waals surface area contributed by atoms with Crippen LogP contribution in [-0.4, -0.2) is 27.1 Å². The first kappa shape index (κ1) is 14.6. The molecule has 1 aromatic rings. The van der Waals surface area contributed by atoms with Gasteiger partial charge in [0.25, 0.3) is 0 Å². The van der Waals surface area contributed by atoms with Gasteiger partial charge in [-0.1, -0.05) is 20.8 Å². The van der Waals surface area contributed by atoms with Crippen LogP contribution in [0.2, 0.25) is 0 Å². The molecule has 0 radical (unpaired) electrons. The lowest BCUT2D eigenvalue weighted by atomic mass is 10.3. The zero-order valence-corrected chi connectivity index (χ0v) is 12.3. The summed E-state index contributed by atoms with van der Waals surface area (Å²) in [6, 6.07) is 0.369. The molecular formula is C13H25N3S. The van der Waals surface area contributed by atoms with Crippen molar-refractivity contribution in [1.29, 1.82) is 0 Å². The van der Waals surface area contributed by atoms with E-state index in [4.69, 9.17) is 0 Å². The second-order valence-electron chi connectivity index (χ2n) is 4.23. The predicted molar refractivity (Wildman–Crippen MR) is 76.5 cm³/mol. The molecule has 0 spiro atoms. The number of hydrogen-bond donors (Lipinski definition) is 1. The van der Waals surface area contributed by atoms with Gasteiger partial charge in [0.1, 0.15) is 5.82 Å². The van der Waals surface area contributed by atoms with Crippen LogP contribution >= 0.6 is 11.8 Å². The summed E-state index contributed by atoms with van der Waals surface area (Å²) < 4.78 is 2.23. The maximum Gasteiger partial charge on any atom is 0.126 e. The lowest BCUT2D eigenvalue weighted by Gasteiger charge is -2.20. The minimum atomic E-state index is 0.369. The number of nitrogens with one attached hydrogen (secondary N) is 1. The smallest absolute Gasteiger partial charge is 0.126 e. The lowest BCUT2D eigenvalue weighted by molar-refractivity contribution is 0.538. The number of nitrogens with zero attached hydrogens (tertiary/aromatic N) is 2. The Balaban J connectivity index is 2.64. The highest BCUT2D eigenvalue weighted by Crippen LogP contribution is 2.21. The Kier molecular flexibility index (Phi) is 6.66. The summed E-state index contributed by atoms with van der Waals surface area (Å²) in [4.78, 5) is 4.50. The highest BCUT2D eigenvalue weighted by molar-refractivity contribution is 7.99. The van der Waals surface area contributed by atoms with E-state index >= 15 is 0 Å². The van der Waals surface area contributed by atoms with Crippen LogP contribution < -0.4 is 5.32 Å². The van der Waals surface area contributed by atoms with E-state index in [1.807, 2.05) is 18.0 Å². The van der Waals surface area contributed by atoms with Crippen molar-refractivity contribution in [3.8, 4) is 0 Å². The van der Waals surface area contributed by atoms with Crippen molar-refractivity contribution in [2.24, 2.45) is 0 Å². The van der Waals surface area contributed by atoms with Gasteiger partial charge in [0.2, 0.25) is 0 Å². The van der Waals surface area contributed by atoms with Crippen LogP contribution in [0.4, 0.5) is 0 Å². The van der Waals surface area contributed by atoms with Gasteiger partial charge in [0.05, 0.1) is 6.04 Å². The van der Waals surface area contributed by atoms with Crippen molar-refractivity contribution in [2.75, 3.05) is 12.3 Å². The molecule has 0 aliphatic carbocycles. The third-order valence-electron chi connectivity index (χ3n) is 2.97. The molecule has 4 heteroatoms. The van der Waals surface area contributed by atoms with Gasteiger partial charge in [-0.25, -0.2) is 4.98 Å². The summed E-state index contributed by atoms with van der Waals surface area (Å²) in [5.74, 6) is 2.27. The molecule has 2 unspecified atom stereocenters. The van der Waals surface area contributed by atoms with E-state index in [1.165, 1.54) is 12.2 Å². The SMILES string of the molecule is CCNC(CSC(C)CC)c1nccn1CC. The largest absolute Gasteiger partial charge is 0.334 e. The topological polar surface area (TPSA) is 29.9 Å². The van der Waals surface area contributed by atoms with Crippen LogP contribution in [0.5, 0.6) is 0 Å². The Hall–Kier alpha value is -0.480. The molecule has 0 aliphatic heterocycles. The summed E-state index contributed by atoms with van der Waals surface area (Å²) in [6.45, 7) is 10.8. The predicted octanol–water partition coefficient (Wildman–Crippen LogP) is 3.09. The highest BCUT2D eigenvalue weighted by Gasteiger charge is 2.16. The van der Waals surface area contributed by atoms with E-state index in [0.717, 1.165) is 24.1 Å². The van der Waals surface area contributed by atoms with Gasteiger partial charge in [0.15, 0.2) is 0 Å². The maximum absolute atomic E-state index is 4.50. The quantitative estimate of drug-likeness (QED) is 0.774. The van der Waals surface area contributed by atoms with E-state index in [2.05, 4.69) is 48.8 Å². The monoisotopic (exact) mass is 255 g/mol. The van der Waals surface area contributed by atoms with Crippen LogP contribution in [0.1, 0.15) is 46.0 Å². The first-order chi connectivity index (χ1) is 8.22. The molecule has 2 atom stereocenters. The molecule has 0 bridgehead atoms. The number of hydrogen-bond acceptors (Lipinski definition) is 3. The first-order valence-electron chi connectivity index (χ1n) is 6.58. The van der Waals surface area contributed by atoms with Gasteiger partial charge in [-0.05, 0) is 19.9 Å². The molecule has 1 rings (SSSR count). The standard InChI is InChI=1S/C13H25N3S/c1-5-11(4)17-10-12(14-6-2)13-15-8-9-16(13)7-3/h8-9,11-12,14H,5-7,10H2,1-4H3. The third-order valence-corrected chi connectivity index (χ3v) is 4.40. The fourth-order valence-corrected chi connectivity index (χ4v) is 2.77. The van der Waals surface area contributed by atoms with Crippen molar-refractivity contribution in [1.82, 2.24) is 14.9 Å². The molecule has 0 amide bonds. The van der Waals surface area contributed by atoms with E-state index in [-0.39, 0.29) is 0 Å². The molecule has 0 aliphatic rings. The minimum Gasteiger partial charge on any atom is -0.334 e. The second-order valence-corrected chi connectivity index (χ2v) is 5.71. The number of imidazole rings is 1. The molecule has 1 N–H and O–H groups in total. The normalized spacial score (nSPS) is 14.8. The van der Waals surface area contributed by atoms with Crippen LogP contribution in [0.25, 0.3) is 0 Å². The number of aryl methyl sites for hydroxylation is 1.